The number of carbonyl (C=O) groups is 1. The molecule has 0 aliphatic heterocycles. The molecule has 1 N–H and O–H groups in total. The highest BCUT2D eigenvalue weighted by atomic mass is 16.6. The van der Waals surface area contributed by atoms with Crippen molar-refractivity contribution in [2.45, 2.75) is 6.92 Å². The van der Waals surface area contributed by atoms with Gasteiger partial charge in [0.1, 0.15) is 0 Å². The zero-order valence-corrected chi connectivity index (χ0v) is 10.5. The Kier molecular flexibility index (Phi) is 3.28. The first-order chi connectivity index (χ1) is 8.97. The second-order valence-electron chi connectivity index (χ2n) is 4.06. The van der Waals surface area contributed by atoms with E-state index in [9.17, 15) is 14.9 Å². The third-order valence-electron chi connectivity index (χ3n) is 2.59. The Bertz CT molecular complexity index is 631. The minimum Gasteiger partial charge on any atom is -0.322 e. The van der Waals surface area contributed by atoms with Gasteiger partial charge < -0.3 is 5.32 Å². The van der Waals surface area contributed by atoms with Gasteiger partial charge in [0.15, 0.2) is 0 Å². The number of aromatic nitrogens is 2. The zero-order chi connectivity index (χ0) is 14.0. The molecule has 0 aliphatic carbocycles. The van der Waals surface area contributed by atoms with E-state index in [0.717, 1.165) is 0 Å². The number of aryl methyl sites for hydroxylation is 2. The molecule has 98 valence electrons. The maximum Gasteiger partial charge on any atom is 0.269 e. The van der Waals surface area contributed by atoms with E-state index < -0.39 is 4.92 Å². The van der Waals surface area contributed by atoms with Crippen LogP contribution in [0.1, 0.15) is 16.1 Å². The molecule has 2 rings (SSSR count). The lowest BCUT2D eigenvalue weighted by atomic mass is 10.2. The number of hydrogen-bond donors (Lipinski definition) is 1. The van der Waals surface area contributed by atoms with E-state index >= 15 is 0 Å². The number of rotatable bonds is 3. The molecule has 0 spiro atoms. The van der Waals surface area contributed by atoms with Crippen LogP contribution in [-0.2, 0) is 7.05 Å². The smallest absolute Gasteiger partial charge is 0.269 e. The quantitative estimate of drug-likeness (QED) is 0.674. The Hall–Kier alpha value is -2.70. The van der Waals surface area contributed by atoms with Gasteiger partial charge in [-0.1, -0.05) is 0 Å². The second kappa shape index (κ2) is 4.89. The number of benzene rings is 1. The summed E-state index contributed by atoms with van der Waals surface area (Å²) in [6.45, 7) is 1.74. The number of nitrogens with zero attached hydrogens (tertiary/aromatic N) is 3. The van der Waals surface area contributed by atoms with Crippen LogP contribution < -0.4 is 5.32 Å². The summed E-state index contributed by atoms with van der Waals surface area (Å²) in [4.78, 5) is 22.0. The largest absolute Gasteiger partial charge is 0.322 e. The molecule has 0 saturated carbocycles. The summed E-state index contributed by atoms with van der Waals surface area (Å²) in [5, 5.41) is 17.3. The molecule has 0 fully saturated rings. The zero-order valence-electron chi connectivity index (χ0n) is 10.5. The molecule has 0 saturated heterocycles. The maximum absolute atomic E-state index is 12.0. The fourth-order valence-corrected chi connectivity index (χ4v) is 1.69. The minimum atomic E-state index is -0.489. The van der Waals surface area contributed by atoms with Crippen LogP contribution in [0.5, 0.6) is 0 Å². The monoisotopic (exact) mass is 260 g/mol. The van der Waals surface area contributed by atoms with Crippen molar-refractivity contribution in [2.75, 3.05) is 5.32 Å². The van der Waals surface area contributed by atoms with Crippen LogP contribution >= 0.6 is 0 Å². The number of amides is 1. The van der Waals surface area contributed by atoms with Gasteiger partial charge in [0.05, 0.1) is 16.2 Å². The van der Waals surface area contributed by atoms with Crippen molar-refractivity contribution >= 4 is 17.3 Å². The summed E-state index contributed by atoms with van der Waals surface area (Å²) in [5.41, 5.74) is 1.58. The summed E-state index contributed by atoms with van der Waals surface area (Å²) < 4.78 is 1.56. The summed E-state index contributed by atoms with van der Waals surface area (Å²) >= 11 is 0. The number of nitrogens with one attached hydrogen (secondary N) is 1. The molecule has 0 bridgehead atoms. The predicted molar refractivity (Wildman–Crippen MR) is 69.0 cm³/mol. The van der Waals surface area contributed by atoms with Crippen LogP contribution in [0.15, 0.2) is 30.5 Å². The summed E-state index contributed by atoms with van der Waals surface area (Å²) in [6.07, 6.45) is 1.62. The van der Waals surface area contributed by atoms with Gasteiger partial charge in [-0.05, 0) is 19.1 Å². The van der Waals surface area contributed by atoms with Gasteiger partial charge in [0, 0.05) is 31.1 Å². The van der Waals surface area contributed by atoms with E-state index in [0.29, 0.717) is 16.9 Å². The Labute approximate surface area is 109 Å². The van der Waals surface area contributed by atoms with Crippen molar-refractivity contribution in [1.29, 1.82) is 0 Å². The number of hydrogen-bond acceptors (Lipinski definition) is 4. The fourth-order valence-electron chi connectivity index (χ4n) is 1.69. The number of carbonyl (C=O) groups excluding carboxylic acids is 1. The Morgan fingerprint density at radius 2 is 2.00 bits per heavy atom. The summed E-state index contributed by atoms with van der Waals surface area (Å²) in [5.74, 6) is -0.292. The minimum absolute atomic E-state index is 0.0180. The Morgan fingerprint density at radius 1 is 1.37 bits per heavy atom. The standard InChI is InChI=1S/C12H12N4O3/c1-8-11(7-15(2)14-8)12(17)13-9-3-5-10(6-4-9)16(18)19/h3-7H,1-2H3,(H,13,17). The molecule has 2 aromatic rings. The van der Waals surface area contributed by atoms with Crippen molar-refractivity contribution in [3.05, 3.63) is 51.8 Å². The molecule has 1 aromatic heterocycles. The first-order valence-electron chi connectivity index (χ1n) is 5.53. The molecule has 1 aromatic carbocycles. The molecule has 0 radical (unpaired) electrons. The number of anilines is 1. The lowest BCUT2D eigenvalue weighted by Gasteiger charge is -2.03. The average Bonchev–Trinajstić information content (AvgIpc) is 2.69. The lowest BCUT2D eigenvalue weighted by Crippen LogP contribution is -2.12. The molecule has 0 aliphatic rings. The van der Waals surface area contributed by atoms with Gasteiger partial charge in [-0.25, -0.2) is 0 Å². The topological polar surface area (TPSA) is 90.1 Å². The van der Waals surface area contributed by atoms with Crippen molar-refractivity contribution in [1.82, 2.24) is 9.78 Å². The van der Waals surface area contributed by atoms with Gasteiger partial charge in [-0.2, -0.15) is 5.10 Å². The molecule has 0 atom stereocenters. The molecule has 0 unspecified atom stereocenters. The van der Waals surface area contributed by atoms with Crippen LogP contribution in [0, 0.1) is 17.0 Å². The third kappa shape index (κ3) is 2.76. The van der Waals surface area contributed by atoms with Crippen LogP contribution in [0.3, 0.4) is 0 Å². The van der Waals surface area contributed by atoms with Gasteiger partial charge in [0.2, 0.25) is 0 Å². The van der Waals surface area contributed by atoms with E-state index in [4.69, 9.17) is 0 Å². The first kappa shape index (κ1) is 12.7. The van der Waals surface area contributed by atoms with E-state index in [1.54, 1.807) is 24.9 Å². The molecule has 7 nitrogen and oxygen atoms in total. The molecule has 1 amide bonds. The van der Waals surface area contributed by atoms with Crippen molar-refractivity contribution in [3.63, 3.8) is 0 Å². The molecular formula is C12H12N4O3. The molecule has 7 heteroatoms. The van der Waals surface area contributed by atoms with Crippen LogP contribution in [0.25, 0.3) is 0 Å². The third-order valence-corrected chi connectivity index (χ3v) is 2.59. The van der Waals surface area contributed by atoms with Crippen LogP contribution in [0.2, 0.25) is 0 Å². The highest BCUT2D eigenvalue weighted by Gasteiger charge is 2.13. The van der Waals surface area contributed by atoms with Crippen molar-refractivity contribution in [2.24, 2.45) is 7.05 Å². The SMILES string of the molecule is Cc1nn(C)cc1C(=O)Nc1ccc([N+](=O)[O-])cc1. The van der Waals surface area contributed by atoms with Gasteiger partial charge in [0.25, 0.3) is 11.6 Å². The number of nitro groups is 1. The van der Waals surface area contributed by atoms with E-state index in [2.05, 4.69) is 10.4 Å². The van der Waals surface area contributed by atoms with Gasteiger partial charge >= 0.3 is 0 Å². The van der Waals surface area contributed by atoms with E-state index in [1.165, 1.54) is 24.3 Å². The molecule has 1 heterocycles. The second-order valence-corrected chi connectivity index (χ2v) is 4.06. The lowest BCUT2D eigenvalue weighted by molar-refractivity contribution is -0.384. The van der Waals surface area contributed by atoms with Crippen LogP contribution in [0.4, 0.5) is 11.4 Å². The highest BCUT2D eigenvalue weighted by Crippen LogP contribution is 2.16. The van der Waals surface area contributed by atoms with Gasteiger partial charge in [-0.15, -0.1) is 0 Å². The number of non-ortho nitro benzene ring substituents is 1. The maximum atomic E-state index is 12.0. The Morgan fingerprint density at radius 3 is 2.47 bits per heavy atom. The van der Waals surface area contributed by atoms with Gasteiger partial charge in [-0.3, -0.25) is 19.6 Å². The van der Waals surface area contributed by atoms with Crippen LogP contribution in [-0.4, -0.2) is 20.6 Å². The summed E-state index contributed by atoms with van der Waals surface area (Å²) in [6, 6.07) is 5.65. The van der Waals surface area contributed by atoms with Crippen molar-refractivity contribution < 1.29 is 9.72 Å². The molecular weight excluding hydrogens is 248 g/mol. The van der Waals surface area contributed by atoms with E-state index in [1.807, 2.05) is 0 Å². The highest BCUT2D eigenvalue weighted by molar-refractivity contribution is 6.04. The first-order valence-corrected chi connectivity index (χ1v) is 5.53. The fraction of sp³-hybridized carbons (Fsp3) is 0.167. The predicted octanol–water partition coefficient (Wildman–Crippen LogP) is 1.89. The Balaban J connectivity index is 2.15. The van der Waals surface area contributed by atoms with E-state index in [-0.39, 0.29) is 11.6 Å². The average molecular weight is 260 g/mol. The number of nitro benzene ring substituents is 1. The normalized spacial score (nSPS) is 10.2. The molecule has 19 heavy (non-hydrogen) atoms. The summed E-state index contributed by atoms with van der Waals surface area (Å²) in [7, 11) is 1.73. The van der Waals surface area contributed by atoms with Crippen molar-refractivity contribution in [3.8, 4) is 0 Å².